The zero-order valence-electron chi connectivity index (χ0n) is 9.77. The van der Waals surface area contributed by atoms with Gasteiger partial charge in [0, 0.05) is 38.1 Å². The molecule has 0 spiro atoms. The predicted molar refractivity (Wildman–Crippen MR) is 63.7 cm³/mol. The van der Waals surface area contributed by atoms with Crippen LogP contribution in [-0.2, 0) is 0 Å². The number of aryl methyl sites for hydroxylation is 1. The fraction of sp³-hybridized carbons (Fsp3) is 0.600. The van der Waals surface area contributed by atoms with Gasteiger partial charge in [0.1, 0.15) is 0 Å². The fourth-order valence-electron chi connectivity index (χ4n) is 1.67. The number of aromatic amines is 1. The number of aromatic nitrogens is 2. The lowest BCUT2D eigenvalue weighted by atomic mass is 10.3. The van der Waals surface area contributed by atoms with Crippen LogP contribution in [-0.4, -0.2) is 59.0 Å². The van der Waals surface area contributed by atoms with Crippen LogP contribution in [0.1, 0.15) is 5.69 Å². The number of hydrogen-bond acceptors (Lipinski definition) is 3. The van der Waals surface area contributed by atoms with Gasteiger partial charge in [-0.05, 0) is 14.0 Å². The molecule has 0 amide bonds. The summed E-state index contributed by atoms with van der Waals surface area (Å²) in [5, 5.41) is 0. The number of hydrogen-bond donors (Lipinski definition) is 2. The summed E-state index contributed by atoms with van der Waals surface area (Å²) in [6, 6.07) is 0. The zero-order valence-corrected chi connectivity index (χ0v) is 9.77. The van der Waals surface area contributed by atoms with Crippen LogP contribution in [0.25, 0.3) is 0 Å². The van der Waals surface area contributed by atoms with Gasteiger partial charge in [0.15, 0.2) is 5.96 Å². The maximum absolute atomic E-state index is 5.93. The van der Waals surface area contributed by atoms with Crippen LogP contribution in [0.4, 0.5) is 5.95 Å². The van der Waals surface area contributed by atoms with Crippen LogP contribution in [0, 0.1) is 6.92 Å². The molecule has 0 saturated carbocycles. The number of nitrogens with one attached hydrogen (secondary N) is 1. The molecule has 0 bridgehead atoms. The molecule has 0 unspecified atom stereocenters. The van der Waals surface area contributed by atoms with Crippen molar-refractivity contribution in [2.24, 2.45) is 10.7 Å². The van der Waals surface area contributed by atoms with Crippen LogP contribution in [0.15, 0.2) is 11.2 Å². The molecule has 1 aromatic heterocycles. The summed E-state index contributed by atoms with van der Waals surface area (Å²) >= 11 is 0. The number of piperazine rings is 1. The predicted octanol–water partition coefficient (Wildman–Crippen LogP) is -0.0883. The molecule has 3 N–H and O–H groups in total. The second-order valence-corrected chi connectivity index (χ2v) is 4.15. The number of nitrogens with two attached hydrogens (primary N) is 1. The normalized spacial score (nSPS) is 19.1. The smallest absolute Gasteiger partial charge is 0.230 e. The minimum Gasteiger partial charge on any atom is -0.369 e. The second-order valence-electron chi connectivity index (χ2n) is 4.15. The fourth-order valence-corrected chi connectivity index (χ4v) is 1.67. The molecule has 1 saturated heterocycles. The Balaban J connectivity index is 2.01. The number of imidazole rings is 1. The van der Waals surface area contributed by atoms with E-state index >= 15 is 0 Å². The zero-order chi connectivity index (χ0) is 11.5. The number of aliphatic imine (C=N–C) groups is 1. The third kappa shape index (κ3) is 2.52. The van der Waals surface area contributed by atoms with Gasteiger partial charge in [-0.1, -0.05) is 0 Å². The topological polar surface area (TPSA) is 73.5 Å². The molecule has 1 aliphatic rings. The third-order valence-electron chi connectivity index (χ3n) is 2.74. The monoisotopic (exact) mass is 222 g/mol. The lowest BCUT2D eigenvalue weighted by molar-refractivity contribution is 0.214. The average Bonchev–Trinajstić information content (AvgIpc) is 2.65. The molecule has 6 nitrogen and oxygen atoms in total. The number of guanidine groups is 1. The van der Waals surface area contributed by atoms with E-state index in [1.165, 1.54) is 0 Å². The summed E-state index contributed by atoms with van der Waals surface area (Å²) < 4.78 is 0. The highest BCUT2D eigenvalue weighted by atomic mass is 15.3. The maximum atomic E-state index is 5.93. The van der Waals surface area contributed by atoms with Crippen molar-refractivity contribution in [2.75, 3.05) is 33.2 Å². The molecule has 1 aromatic rings. The van der Waals surface area contributed by atoms with Gasteiger partial charge in [0.25, 0.3) is 0 Å². The number of likely N-dealkylation sites (N-methyl/N-ethyl adjacent to an activating group) is 1. The SMILES string of the molecule is Cc1cnc(N=C(N)N2CCN(C)CC2)[nH]1. The van der Waals surface area contributed by atoms with Gasteiger partial charge in [0.2, 0.25) is 5.95 Å². The van der Waals surface area contributed by atoms with Gasteiger partial charge in [-0.15, -0.1) is 0 Å². The van der Waals surface area contributed by atoms with Crippen molar-refractivity contribution in [2.45, 2.75) is 6.92 Å². The quantitative estimate of drug-likeness (QED) is 0.514. The summed E-state index contributed by atoms with van der Waals surface area (Å²) in [5.74, 6) is 1.12. The van der Waals surface area contributed by atoms with Gasteiger partial charge in [-0.3, -0.25) is 0 Å². The van der Waals surface area contributed by atoms with Crippen molar-refractivity contribution < 1.29 is 0 Å². The molecule has 6 heteroatoms. The number of H-pyrrole nitrogens is 1. The molecule has 0 radical (unpaired) electrons. The summed E-state index contributed by atoms with van der Waals surface area (Å²) in [6.45, 7) is 5.83. The van der Waals surface area contributed by atoms with Crippen molar-refractivity contribution in [1.82, 2.24) is 19.8 Å². The Kier molecular flexibility index (Phi) is 3.09. The molecule has 2 heterocycles. The highest BCUT2D eigenvalue weighted by Gasteiger charge is 2.15. The van der Waals surface area contributed by atoms with E-state index in [1.54, 1.807) is 6.20 Å². The van der Waals surface area contributed by atoms with E-state index < -0.39 is 0 Å². The molecule has 88 valence electrons. The molecule has 1 aliphatic heterocycles. The van der Waals surface area contributed by atoms with Gasteiger partial charge in [-0.25, -0.2) is 4.98 Å². The van der Waals surface area contributed by atoms with E-state index in [-0.39, 0.29) is 0 Å². The van der Waals surface area contributed by atoms with Gasteiger partial charge in [-0.2, -0.15) is 4.99 Å². The first-order chi connectivity index (χ1) is 7.65. The molecular formula is C10H18N6. The minimum absolute atomic E-state index is 0.544. The highest BCUT2D eigenvalue weighted by Crippen LogP contribution is 2.06. The van der Waals surface area contributed by atoms with E-state index in [9.17, 15) is 0 Å². The summed E-state index contributed by atoms with van der Waals surface area (Å²) in [7, 11) is 2.11. The van der Waals surface area contributed by atoms with Gasteiger partial charge >= 0.3 is 0 Å². The van der Waals surface area contributed by atoms with Crippen LogP contribution in [0.5, 0.6) is 0 Å². The molecule has 0 aliphatic carbocycles. The van der Waals surface area contributed by atoms with E-state index in [0.717, 1.165) is 31.9 Å². The van der Waals surface area contributed by atoms with E-state index in [4.69, 9.17) is 5.73 Å². The lowest BCUT2D eigenvalue weighted by Gasteiger charge is -2.32. The molecule has 0 atom stereocenters. The van der Waals surface area contributed by atoms with Gasteiger partial charge < -0.3 is 20.5 Å². The highest BCUT2D eigenvalue weighted by molar-refractivity contribution is 5.80. The standard InChI is InChI=1S/C10H18N6/c1-8-7-12-10(13-8)14-9(11)16-5-3-15(2)4-6-16/h7H,3-6H2,1-2H3,(H3,11,12,13,14). The van der Waals surface area contributed by atoms with Crippen molar-refractivity contribution >= 4 is 11.9 Å². The van der Waals surface area contributed by atoms with E-state index in [2.05, 4.69) is 31.8 Å². The largest absolute Gasteiger partial charge is 0.369 e. The van der Waals surface area contributed by atoms with Crippen molar-refractivity contribution in [3.63, 3.8) is 0 Å². The van der Waals surface area contributed by atoms with Gasteiger partial charge in [0.05, 0.1) is 0 Å². The average molecular weight is 222 g/mol. The maximum Gasteiger partial charge on any atom is 0.230 e. The van der Waals surface area contributed by atoms with Crippen LogP contribution >= 0.6 is 0 Å². The van der Waals surface area contributed by atoms with Crippen molar-refractivity contribution in [3.8, 4) is 0 Å². The first kappa shape index (κ1) is 10.9. The molecule has 0 aromatic carbocycles. The van der Waals surface area contributed by atoms with Crippen LogP contribution < -0.4 is 5.73 Å². The molecule has 1 fully saturated rings. The first-order valence-corrected chi connectivity index (χ1v) is 5.44. The second kappa shape index (κ2) is 4.52. The summed E-state index contributed by atoms with van der Waals surface area (Å²) in [5.41, 5.74) is 6.92. The Morgan fingerprint density at radius 3 is 2.69 bits per heavy atom. The summed E-state index contributed by atoms with van der Waals surface area (Å²) in [4.78, 5) is 15.8. The first-order valence-electron chi connectivity index (χ1n) is 5.44. The van der Waals surface area contributed by atoms with Crippen molar-refractivity contribution in [1.29, 1.82) is 0 Å². The van der Waals surface area contributed by atoms with Crippen LogP contribution in [0.2, 0.25) is 0 Å². The number of nitrogens with zero attached hydrogens (tertiary/aromatic N) is 4. The lowest BCUT2D eigenvalue weighted by Crippen LogP contribution is -2.49. The molecule has 2 rings (SSSR count). The third-order valence-corrected chi connectivity index (χ3v) is 2.74. The molecular weight excluding hydrogens is 204 g/mol. The minimum atomic E-state index is 0.544. The Hall–Kier alpha value is -1.56. The Labute approximate surface area is 95.2 Å². The van der Waals surface area contributed by atoms with Crippen LogP contribution in [0.3, 0.4) is 0 Å². The van der Waals surface area contributed by atoms with E-state index in [0.29, 0.717) is 11.9 Å². The summed E-state index contributed by atoms with van der Waals surface area (Å²) in [6.07, 6.45) is 1.75. The Morgan fingerprint density at radius 2 is 2.12 bits per heavy atom. The molecule has 16 heavy (non-hydrogen) atoms. The number of rotatable bonds is 1. The van der Waals surface area contributed by atoms with Crippen molar-refractivity contribution in [3.05, 3.63) is 11.9 Å². The van der Waals surface area contributed by atoms with E-state index in [1.807, 2.05) is 6.92 Å². The Bertz CT molecular complexity index is 374. The Morgan fingerprint density at radius 1 is 1.44 bits per heavy atom.